The van der Waals surface area contributed by atoms with Crippen molar-refractivity contribution in [3.63, 3.8) is 0 Å². The predicted octanol–water partition coefficient (Wildman–Crippen LogP) is 2.96. The minimum absolute atomic E-state index is 0.0307. The number of nitrogens with zero attached hydrogens (tertiary/aromatic N) is 4. The van der Waals surface area contributed by atoms with Crippen LogP contribution in [0.1, 0.15) is 10.4 Å². The zero-order valence-electron chi connectivity index (χ0n) is 15.2. The Hall–Kier alpha value is -2.93. The molecular weight excluding hydrogens is 420 g/mol. The second-order valence-corrected chi connectivity index (χ2v) is 7.48. The van der Waals surface area contributed by atoms with Crippen LogP contribution in [0.2, 0.25) is 0 Å². The topological polar surface area (TPSA) is 58.4 Å². The maximum atomic E-state index is 12.7. The number of aromatic nitrogens is 2. The number of piperazine rings is 1. The zero-order valence-corrected chi connectivity index (χ0v) is 16.7. The molecule has 0 unspecified atom stereocenters. The summed E-state index contributed by atoms with van der Waals surface area (Å²) in [5, 5.41) is 4.53. The Bertz CT molecular complexity index is 1040. The third-order valence-electron chi connectivity index (χ3n) is 4.75. The highest BCUT2D eigenvalue weighted by atomic mass is 79.9. The normalized spacial score (nSPS) is 14.2. The summed E-state index contributed by atoms with van der Waals surface area (Å²) in [5.41, 5.74) is 1.25. The Labute approximate surface area is 171 Å². The zero-order chi connectivity index (χ0) is 19.5. The Morgan fingerprint density at radius 1 is 0.893 bits per heavy atom. The van der Waals surface area contributed by atoms with Gasteiger partial charge >= 0.3 is 0 Å². The van der Waals surface area contributed by atoms with Gasteiger partial charge < -0.3 is 9.80 Å². The first kappa shape index (κ1) is 18.4. The fraction of sp³-hybridized carbons (Fsp3) is 0.190. The lowest BCUT2D eigenvalue weighted by Gasteiger charge is -2.35. The van der Waals surface area contributed by atoms with Gasteiger partial charge in [0, 0.05) is 42.3 Å². The molecule has 4 rings (SSSR count). The molecule has 2 heterocycles. The van der Waals surface area contributed by atoms with E-state index in [0.717, 1.165) is 16.0 Å². The van der Waals surface area contributed by atoms with E-state index in [-0.39, 0.29) is 11.5 Å². The van der Waals surface area contributed by atoms with E-state index in [1.807, 2.05) is 59.5 Å². The second kappa shape index (κ2) is 7.98. The van der Waals surface area contributed by atoms with E-state index in [2.05, 4.69) is 25.9 Å². The van der Waals surface area contributed by atoms with Crippen molar-refractivity contribution in [3.05, 3.63) is 87.1 Å². The number of hydrogen-bond acceptors (Lipinski definition) is 4. The molecule has 0 aliphatic carbocycles. The average molecular weight is 439 g/mol. The van der Waals surface area contributed by atoms with Gasteiger partial charge in [-0.15, -0.1) is 5.10 Å². The molecule has 1 fully saturated rings. The number of rotatable bonds is 3. The summed E-state index contributed by atoms with van der Waals surface area (Å²) >= 11 is 3.41. The van der Waals surface area contributed by atoms with E-state index in [1.54, 1.807) is 6.07 Å². The van der Waals surface area contributed by atoms with Crippen LogP contribution in [0.15, 0.2) is 76.0 Å². The quantitative estimate of drug-likeness (QED) is 0.630. The molecule has 1 amide bonds. The van der Waals surface area contributed by atoms with E-state index >= 15 is 0 Å². The van der Waals surface area contributed by atoms with Crippen molar-refractivity contribution >= 4 is 27.7 Å². The van der Waals surface area contributed by atoms with Crippen molar-refractivity contribution in [3.8, 4) is 5.69 Å². The molecule has 0 saturated carbocycles. The van der Waals surface area contributed by atoms with Gasteiger partial charge in [0.05, 0.1) is 5.69 Å². The highest BCUT2D eigenvalue weighted by Crippen LogP contribution is 2.17. The molecule has 7 heteroatoms. The van der Waals surface area contributed by atoms with Crippen LogP contribution in [0.4, 0.5) is 5.82 Å². The maximum absolute atomic E-state index is 12.7. The van der Waals surface area contributed by atoms with Gasteiger partial charge in [-0.1, -0.05) is 40.2 Å². The molecule has 3 aromatic rings. The first-order valence-corrected chi connectivity index (χ1v) is 9.87. The van der Waals surface area contributed by atoms with Crippen LogP contribution in [0.3, 0.4) is 0 Å². The lowest BCUT2D eigenvalue weighted by atomic mass is 10.2. The largest absolute Gasteiger partial charge is 0.352 e. The van der Waals surface area contributed by atoms with Gasteiger partial charge in [-0.05, 0) is 36.4 Å². The molecule has 0 N–H and O–H groups in total. The number of para-hydroxylation sites is 1. The van der Waals surface area contributed by atoms with E-state index in [9.17, 15) is 9.59 Å². The Balaban J connectivity index is 1.48. The third kappa shape index (κ3) is 3.84. The molecule has 142 valence electrons. The Kier molecular flexibility index (Phi) is 5.25. The molecule has 2 aromatic carbocycles. The minimum atomic E-state index is -0.168. The van der Waals surface area contributed by atoms with Crippen molar-refractivity contribution in [1.29, 1.82) is 0 Å². The first-order chi connectivity index (χ1) is 13.6. The average Bonchev–Trinajstić information content (AvgIpc) is 2.74. The number of anilines is 1. The number of hydrogen-bond donors (Lipinski definition) is 0. The summed E-state index contributed by atoms with van der Waals surface area (Å²) in [6, 6.07) is 20.1. The molecule has 0 radical (unpaired) electrons. The molecule has 28 heavy (non-hydrogen) atoms. The summed E-state index contributed by atoms with van der Waals surface area (Å²) in [7, 11) is 0. The second-order valence-electron chi connectivity index (χ2n) is 6.57. The molecule has 1 aliphatic heterocycles. The lowest BCUT2D eigenvalue weighted by molar-refractivity contribution is 0.0746. The first-order valence-electron chi connectivity index (χ1n) is 9.07. The van der Waals surface area contributed by atoms with Crippen molar-refractivity contribution in [1.82, 2.24) is 14.7 Å². The maximum Gasteiger partial charge on any atom is 0.271 e. The summed E-state index contributed by atoms with van der Waals surface area (Å²) < 4.78 is 2.30. The van der Waals surface area contributed by atoms with Crippen LogP contribution in [-0.4, -0.2) is 46.8 Å². The number of carbonyl (C=O) groups is 1. The molecule has 0 spiro atoms. The summed E-state index contributed by atoms with van der Waals surface area (Å²) in [5.74, 6) is 0.765. The molecule has 6 nitrogen and oxygen atoms in total. The van der Waals surface area contributed by atoms with Crippen molar-refractivity contribution < 1.29 is 4.79 Å². The van der Waals surface area contributed by atoms with Crippen LogP contribution in [0.5, 0.6) is 0 Å². The van der Waals surface area contributed by atoms with Gasteiger partial charge in [-0.3, -0.25) is 9.59 Å². The smallest absolute Gasteiger partial charge is 0.271 e. The SMILES string of the molecule is O=C(c1cccc(Br)c1)N1CCN(c2ccc(=O)n(-c3ccccc3)n2)CC1. The molecule has 0 atom stereocenters. The number of benzene rings is 2. The van der Waals surface area contributed by atoms with Gasteiger partial charge in [0.25, 0.3) is 11.5 Å². The summed E-state index contributed by atoms with van der Waals surface area (Å²) in [6.07, 6.45) is 0. The standard InChI is InChI=1S/C21H19BrN4O2/c22-17-6-4-5-16(15-17)21(28)25-13-11-24(12-14-25)19-9-10-20(27)26(23-19)18-7-2-1-3-8-18/h1-10,15H,11-14H2. The number of carbonyl (C=O) groups excluding carboxylic acids is 1. The summed E-state index contributed by atoms with van der Waals surface area (Å²) in [4.78, 5) is 28.9. The molecular formula is C21H19BrN4O2. The fourth-order valence-electron chi connectivity index (χ4n) is 3.27. The monoisotopic (exact) mass is 438 g/mol. The van der Waals surface area contributed by atoms with E-state index in [0.29, 0.717) is 31.7 Å². The van der Waals surface area contributed by atoms with E-state index in [1.165, 1.54) is 10.7 Å². The highest BCUT2D eigenvalue weighted by Gasteiger charge is 2.23. The van der Waals surface area contributed by atoms with Crippen molar-refractivity contribution in [2.24, 2.45) is 0 Å². The molecule has 0 bridgehead atoms. The fourth-order valence-corrected chi connectivity index (χ4v) is 3.67. The predicted molar refractivity (Wildman–Crippen MR) is 112 cm³/mol. The highest BCUT2D eigenvalue weighted by molar-refractivity contribution is 9.10. The van der Waals surface area contributed by atoms with Gasteiger partial charge in [0.2, 0.25) is 0 Å². The third-order valence-corrected chi connectivity index (χ3v) is 5.24. The van der Waals surface area contributed by atoms with Gasteiger partial charge in [-0.2, -0.15) is 4.68 Å². The molecule has 1 aromatic heterocycles. The van der Waals surface area contributed by atoms with E-state index < -0.39 is 0 Å². The number of halogens is 1. The van der Waals surface area contributed by atoms with Gasteiger partial charge in [-0.25, -0.2) is 0 Å². The van der Waals surface area contributed by atoms with Gasteiger partial charge in [0.1, 0.15) is 5.82 Å². The Morgan fingerprint density at radius 3 is 2.36 bits per heavy atom. The molecule has 1 aliphatic rings. The van der Waals surface area contributed by atoms with Gasteiger partial charge in [0.15, 0.2) is 0 Å². The number of amides is 1. The van der Waals surface area contributed by atoms with Crippen LogP contribution in [-0.2, 0) is 0 Å². The molecule has 1 saturated heterocycles. The van der Waals surface area contributed by atoms with Crippen LogP contribution in [0.25, 0.3) is 5.69 Å². The summed E-state index contributed by atoms with van der Waals surface area (Å²) in [6.45, 7) is 2.55. The minimum Gasteiger partial charge on any atom is -0.352 e. The lowest BCUT2D eigenvalue weighted by Crippen LogP contribution is -2.49. The van der Waals surface area contributed by atoms with Crippen LogP contribution >= 0.6 is 15.9 Å². The Morgan fingerprint density at radius 2 is 1.64 bits per heavy atom. The van der Waals surface area contributed by atoms with Crippen LogP contribution < -0.4 is 10.5 Å². The van der Waals surface area contributed by atoms with Crippen molar-refractivity contribution in [2.45, 2.75) is 0 Å². The van der Waals surface area contributed by atoms with Crippen LogP contribution in [0, 0.1) is 0 Å². The van der Waals surface area contributed by atoms with Crippen molar-refractivity contribution in [2.75, 3.05) is 31.1 Å². The van der Waals surface area contributed by atoms with E-state index in [4.69, 9.17) is 0 Å².